The van der Waals surface area contributed by atoms with Crippen LogP contribution in [0.25, 0.3) is 62.5 Å². The molecule has 6 nitrogen and oxygen atoms in total. The predicted octanol–water partition coefficient (Wildman–Crippen LogP) is 28.0. The van der Waals surface area contributed by atoms with Crippen molar-refractivity contribution in [1.29, 1.82) is 0 Å². The third kappa shape index (κ3) is 16.0. The number of aryl methyl sites for hydroxylation is 2. The summed E-state index contributed by atoms with van der Waals surface area (Å²) in [7, 11) is 0. The van der Waals surface area contributed by atoms with Crippen molar-refractivity contribution in [3.05, 3.63) is 150 Å². The Balaban J connectivity index is -0.00000867. The molecule has 3 unspecified atom stereocenters. The molecule has 0 N–H and O–H groups in total. The minimum Gasteiger partial charge on any atom is -0.481 e. The maximum atomic E-state index is 17.8. The highest BCUT2D eigenvalue weighted by molar-refractivity contribution is 7.25. The smallest absolute Gasteiger partial charge is 0.170 e. The summed E-state index contributed by atoms with van der Waals surface area (Å²) >= 11 is 7.72. The molecule has 0 spiro atoms. The molecular formula is C77H106F4N4O2S6. The molecule has 93 heavy (non-hydrogen) atoms. The zero-order chi connectivity index (χ0) is 65.8. The normalized spacial score (nSPS) is 15.9. The molecule has 16 heteroatoms. The van der Waals surface area contributed by atoms with Crippen molar-refractivity contribution in [3.63, 3.8) is 0 Å². The van der Waals surface area contributed by atoms with Crippen LogP contribution in [-0.2, 0) is 17.6 Å². The lowest BCUT2D eigenvalue weighted by molar-refractivity contribution is 0.0323. The van der Waals surface area contributed by atoms with Gasteiger partial charge in [-0.05, 0) is 153 Å². The second-order valence-corrected chi connectivity index (χ2v) is 31.8. The first kappa shape index (κ1) is 69.6. The number of nitrogens with zero attached hydrogens (tertiary/aromatic N) is 4. The molecule has 0 fully saturated rings. The van der Waals surface area contributed by atoms with Crippen molar-refractivity contribution in [2.45, 2.75) is 215 Å². The van der Waals surface area contributed by atoms with Gasteiger partial charge in [0.25, 0.3) is 0 Å². The molecule has 0 bridgehead atoms. The first-order chi connectivity index (χ1) is 45.0. The Kier molecular flexibility index (Phi) is 23.9. The van der Waals surface area contributed by atoms with Crippen molar-refractivity contribution < 1.29 is 44.2 Å². The van der Waals surface area contributed by atoms with Crippen LogP contribution in [-0.4, -0.2) is 17.5 Å². The van der Waals surface area contributed by atoms with Gasteiger partial charge in [-0.15, -0.1) is 45.3 Å². The molecule has 2 aliphatic heterocycles. The maximum absolute atomic E-state index is 17.8. The minimum absolute atomic E-state index is 0. The van der Waals surface area contributed by atoms with E-state index in [2.05, 4.69) is 140 Å². The van der Waals surface area contributed by atoms with Crippen LogP contribution in [0.1, 0.15) is 232 Å². The number of hydrogen-bond donors (Lipinski definition) is 0. The fourth-order valence-electron chi connectivity index (χ4n) is 13.0. The van der Waals surface area contributed by atoms with Gasteiger partial charge in [0.05, 0.1) is 54.1 Å². The monoisotopic (exact) mass is 1390 g/mol. The second-order valence-electron chi connectivity index (χ2n) is 26.3. The number of ether oxygens (including phenoxy) is 2. The number of benzene rings is 2. The lowest BCUT2D eigenvalue weighted by atomic mass is 9.78. The molecule has 2 aromatic carbocycles. The second kappa shape index (κ2) is 32.0. The topological polar surface area (TPSA) is 70.0 Å². The lowest BCUT2D eigenvalue weighted by Crippen LogP contribution is -2.36. The molecule has 8 aromatic rings. The van der Waals surface area contributed by atoms with Gasteiger partial charge in [-0.3, -0.25) is 0 Å². The lowest BCUT2D eigenvalue weighted by Gasteiger charge is -2.39. The highest BCUT2D eigenvalue weighted by Crippen LogP contribution is 2.60. The van der Waals surface area contributed by atoms with Gasteiger partial charge in [0.2, 0.25) is 0 Å². The van der Waals surface area contributed by atoms with E-state index in [4.69, 9.17) is 18.2 Å². The van der Waals surface area contributed by atoms with Crippen LogP contribution in [0, 0.1) is 60.8 Å². The summed E-state index contributed by atoms with van der Waals surface area (Å²) in [5.74, 6) is -0.276. The van der Waals surface area contributed by atoms with Gasteiger partial charge in [-0.2, -0.15) is 17.5 Å². The summed E-state index contributed by atoms with van der Waals surface area (Å²) in [5.41, 5.74) is 28.6. The maximum Gasteiger partial charge on any atom is 0.170 e. The van der Waals surface area contributed by atoms with E-state index >= 15 is 17.6 Å². The Bertz CT molecular complexity index is 4440. The molecule has 10 rings (SSSR count). The minimum atomic E-state index is -1.19. The van der Waals surface area contributed by atoms with Crippen molar-refractivity contribution in [3.8, 4) is 51.9 Å². The SMILES string of the molecule is C=C=C=C=C=C=C=C=C=C=C=CC1(CCCCCCCCCCCC)Oc2cc(Cc3c(F)c(F)c(-c4cc5c(s4)-c4sc(C)cc4OC5(CCC(C)CCCC(C)C)CCC(C)CCCC(C)C)c4nsnc34)sc2-c2sc(-c3c(F)c(F)c(C)c4nsnc34)cc21.[HH].[HH].[HH].[HH].[HH].[HH].[HH].[HH].[HH].[HH].[HH].[HH]. The third-order valence-corrected chi connectivity index (χ3v) is 24.0. The molecule has 510 valence electrons. The van der Waals surface area contributed by atoms with E-state index < -0.39 is 34.5 Å². The average Bonchev–Trinajstić information content (AvgIpc) is 1.58. The largest absolute Gasteiger partial charge is 0.481 e. The van der Waals surface area contributed by atoms with Gasteiger partial charge in [-0.1, -0.05) is 156 Å². The number of rotatable bonds is 30. The van der Waals surface area contributed by atoms with Gasteiger partial charge in [0, 0.05) is 71.4 Å². The van der Waals surface area contributed by atoms with Crippen LogP contribution >= 0.6 is 68.8 Å². The van der Waals surface area contributed by atoms with Gasteiger partial charge >= 0.3 is 0 Å². The van der Waals surface area contributed by atoms with E-state index in [-0.39, 0.29) is 51.3 Å². The van der Waals surface area contributed by atoms with Gasteiger partial charge in [-0.25, -0.2) is 17.6 Å². The van der Waals surface area contributed by atoms with Gasteiger partial charge in [0.1, 0.15) is 39.2 Å². The molecule has 0 saturated carbocycles. The van der Waals surface area contributed by atoms with Crippen LogP contribution in [0.2, 0.25) is 0 Å². The number of hydrogen-bond acceptors (Lipinski definition) is 12. The molecule has 6 aromatic heterocycles. The van der Waals surface area contributed by atoms with Gasteiger partial charge < -0.3 is 9.47 Å². The summed E-state index contributed by atoms with van der Waals surface area (Å²) in [5, 5.41) is 0. The van der Waals surface area contributed by atoms with E-state index in [1.807, 2.05) is 12.1 Å². The Hall–Kier alpha value is -6.26. The highest BCUT2D eigenvalue weighted by Gasteiger charge is 2.45. The summed E-state index contributed by atoms with van der Waals surface area (Å²) < 4.78 is 101. The van der Waals surface area contributed by atoms with Crippen LogP contribution in [0.15, 0.2) is 94.2 Å². The molecule has 8 heterocycles. The Labute approximate surface area is 588 Å². The molecule has 0 aliphatic carbocycles. The Morgan fingerprint density at radius 3 is 1.65 bits per heavy atom. The van der Waals surface area contributed by atoms with Crippen LogP contribution in [0.3, 0.4) is 0 Å². The average molecular weight is 1390 g/mol. The summed E-state index contributed by atoms with van der Waals surface area (Å²) in [6, 6.07) is 8.01. The first-order valence-corrected chi connectivity index (χ1v) is 37.9. The standard InChI is InChI=1S/C77H82F4N4O2S6.12H2/c1-11-13-15-17-19-21-23-25-27-29-39-76(40-30-28-26-24-22-20-18-16-14-12-2)56-46-60(62-66(80)64(78)53(10)68-70(62)84-92-82-68)91-73(56)75-59(87-76)45-54(89-75)44-55-65(79)67(81)63(71-69(55)83-93-85-71)61-47-57-72(90-61)74-58(43-52(9)88-74)86-77(57,41-37-50(7)35-31-33-48(3)4)42-38-51(8)36-32-34-49(5)6;;;;;;;;;;;;/h39,43,45-51H,1,12,14,16,18,20,22,24,26,28,30-38,40-42,44H2,2-10H3;12*1H. The fraction of sp³-hybridized carbons (Fsp3) is 0.481. The van der Waals surface area contributed by atoms with E-state index in [0.29, 0.717) is 67.0 Å². The molecule has 0 radical (unpaired) electrons. The van der Waals surface area contributed by atoms with Crippen molar-refractivity contribution in [2.24, 2.45) is 23.7 Å². The summed E-state index contributed by atoms with van der Waals surface area (Å²) in [6.07, 6.45) is 24.1. The molecular weight excluding hydrogens is 1280 g/mol. The molecule has 0 amide bonds. The number of fused-ring (bicyclic) bond motifs is 8. The zero-order valence-corrected chi connectivity index (χ0v) is 59.9. The van der Waals surface area contributed by atoms with Gasteiger partial charge in [0.15, 0.2) is 28.9 Å². The zero-order valence-electron chi connectivity index (χ0n) is 55.0. The Morgan fingerprint density at radius 1 is 0.516 bits per heavy atom. The quantitative estimate of drug-likeness (QED) is 0.0254. The van der Waals surface area contributed by atoms with E-state index in [1.54, 1.807) is 17.4 Å². The number of aromatic nitrogens is 4. The van der Waals surface area contributed by atoms with Crippen molar-refractivity contribution in [1.82, 2.24) is 17.5 Å². The number of unbranched alkanes of at least 4 members (excludes halogenated alkanes) is 9. The number of halogens is 4. The van der Waals surface area contributed by atoms with Crippen molar-refractivity contribution in [2.75, 3.05) is 0 Å². The molecule has 2 aliphatic rings. The predicted molar refractivity (Wildman–Crippen MR) is 406 cm³/mol. The van der Waals surface area contributed by atoms with E-state index in [9.17, 15) is 0 Å². The Morgan fingerprint density at radius 2 is 1.03 bits per heavy atom. The van der Waals surface area contributed by atoms with Crippen LogP contribution in [0.5, 0.6) is 11.5 Å². The van der Waals surface area contributed by atoms with Crippen LogP contribution < -0.4 is 9.47 Å². The molecule has 3 atom stereocenters. The van der Waals surface area contributed by atoms with E-state index in [0.717, 1.165) is 129 Å². The summed E-state index contributed by atoms with van der Waals surface area (Å²) in [6.45, 7) is 23.2. The number of thiophene rings is 4. The molecule has 0 saturated heterocycles. The van der Waals surface area contributed by atoms with Crippen molar-refractivity contribution >= 4 is 90.9 Å². The van der Waals surface area contributed by atoms with Crippen LogP contribution in [0.4, 0.5) is 17.6 Å². The highest BCUT2D eigenvalue weighted by atomic mass is 32.1. The third-order valence-electron chi connectivity index (χ3n) is 18.2. The van der Waals surface area contributed by atoms with E-state index in [1.165, 1.54) is 105 Å². The fourth-order valence-corrected chi connectivity index (χ4v) is 19.1. The summed E-state index contributed by atoms with van der Waals surface area (Å²) in [4.78, 5) is 6.42. The first-order valence-electron chi connectivity index (χ1n) is 33.2.